The second-order valence-electron chi connectivity index (χ2n) is 4.28. The van der Waals surface area contributed by atoms with Gasteiger partial charge in [-0.15, -0.1) is 0 Å². The fourth-order valence-electron chi connectivity index (χ4n) is 1.53. The predicted octanol–water partition coefficient (Wildman–Crippen LogP) is 2.64. The van der Waals surface area contributed by atoms with Crippen LogP contribution in [0, 0.1) is 0 Å². The Morgan fingerprint density at radius 2 is 2.12 bits per heavy atom. The summed E-state index contributed by atoms with van der Waals surface area (Å²) >= 11 is 0. The monoisotopic (exact) mass is 260 g/mol. The zero-order valence-electron chi connectivity index (χ0n) is 11.3. The second kappa shape index (κ2) is 8.44. The Labute approximate surface area is 105 Å². The summed E-state index contributed by atoms with van der Waals surface area (Å²) in [7, 11) is -1.98. The molecule has 5 heteroatoms. The molecule has 17 heavy (non-hydrogen) atoms. The highest BCUT2D eigenvalue weighted by Gasteiger charge is 2.26. The van der Waals surface area contributed by atoms with Gasteiger partial charge >= 0.3 is 14.5 Å². The van der Waals surface area contributed by atoms with Crippen molar-refractivity contribution in [3.8, 4) is 0 Å². The van der Waals surface area contributed by atoms with Crippen molar-refractivity contribution in [2.45, 2.75) is 45.9 Å². The maximum Gasteiger partial charge on any atom is 0.331 e. The van der Waals surface area contributed by atoms with Gasteiger partial charge in [-0.1, -0.05) is 6.58 Å². The van der Waals surface area contributed by atoms with Gasteiger partial charge in [0.15, 0.2) is 0 Å². The summed E-state index contributed by atoms with van der Waals surface area (Å²) < 4.78 is 16.3. The zero-order valence-corrected chi connectivity index (χ0v) is 12.3. The van der Waals surface area contributed by atoms with Crippen molar-refractivity contribution in [3.63, 3.8) is 0 Å². The summed E-state index contributed by atoms with van der Waals surface area (Å²) in [6.07, 6.45) is 2.95. The minimum absolute atomic E-state index is 0.130. The molecule has 4 nitrogen and oxygen atoms in total. The molecule has 0 radical (unpaired) electrons. The van der Waals surface area contributed by atoms with E-state index in [4.69, 9.17) is 13.6 Å². The molecule has 0 aliphatic heterocycles. The maximum absolute atomic E-state index is 10.8. The maximum atomic E-state index is 10.8. The topological polar surface area (TPSA) is 44.8 Å². The molecule has 0 aromatic heterocycles. The number of ether oxygens (including phenoxy) is 1. The number of hydrogen-bond acceptors (Lipinski definition) is 4. The van der Waals surface area contributed by atoms with Crippen molar-refractivity contribution >= 4 is 14.5 Å². The van der Waals surface area contributed by atoms with Crippen LogP contribution in [0.5, 0.6) is 0 Å². The van der Waals surface area contributed by atoms with E-state index >= 15 is 0 Å². The Morgan fingerprint density at radius 1 is 1.47 bits per heavy atom. The third kappa shape index (κ3) is 9.09. The summed E-state index contributed by atoms with van der Waals surface area (Å²) in [6, 6.07) is 0. The van der Waals surface area contributed by atoms with Crippen LogP contribution in [-0.2, 0) is 18.4 Å². The van der Waals surface area contributed by atoms with E-state index in [-0.39, 0.29) is 12.1 Å². The summed E-state index contributed by atoms with van der Waals surface area (Å²) in [4.78, 5) is 10.8. The first kappa shape index (κ1) is 16.3. The number of carbonyl (C=O) groups is 1. The Kier molecular flexibility index (Phi) is 8.12. The molecule has 100 valence electrons. The summed E-state index contributed by atoms with van der Waals surface area (Å²) in [6.45, 7) is 12.5. The van der Waals surface area contributed by atoms with Gasteiger partial charge in [-0.25, -0.2) is 4.79 Å². The first-order valence-corrected chi connectivity index (χ1v) is 8.84. The van der Waals surface area contributed by atoms with Gasteiger partial charge in [0.25, 0.3) is 0 Å². The van der Waals surface area contributed by atoms with Crippen molar-refractivity contribution in [2.75, 3.05) is 13.2 Å². The molecule has 0 amide bonds. The molecule has 1 atom stereocenters. The second-order valence-corrected chi connectivity index (χ2v) is 7.60. The molecule has 0 aromatic rings. The first-order chi connectivity index (χ1) is 7.91. The largest absolute Gasteiger partial charge is 0.463 e. The summed E-state index contributed by atoms with van der Waals surface area (Å²) in [5.74, 6) is -0.373. The van der Waals surface area contributed by atoms with Crippen molar-refractivity contribution in [2.24, 2.45) is 0 Å². The minimum atomic E-state index is -1.98. The van der Waals surface area contributed by atoms with Gasteiger partial charge < -0.3 is 13.6 Å². The Hall–Kier alpha value is -0.653. The van der Waals surface area contributed by atoms with Crippen LogP contribution in [0.2, 0.25) is 13.1 Å². The number of rotatable bonds is 9. The van der Waals surface area contributed by atoms with Crippen LogP contribution < -0.4 is 0 Å². The Morgan fingerprint density at radius 3 is 2.65 bits per heavy atom. The van der Waals surface area contributed by atoms with E-state index in [1.54, 1.807) is 0 Å². The predicted molar refractivity (Wildman–Crippen MR) is 70.0 cm³/mol. The molecule has 0 aliphatic rings. The molecule has 0 saturated heterocycles. The van der Waals surface area contributed by atoms with Crippen LogP contribution in [-0.4, -0.2) is 33.8 Å². The van der Waals surface area contributed by atoms with E-state index in [1.165, 1.54) is 6.08 Å². The minimum Gasteiger partial charge on any atom is -0.463 e. The molecule has 0 aromatic carbocycles. The number of carbonyl (C=O) groups excluding carboxylic acids is 1. The molecule has 1 unspecified atom stereocenters. The fraction of sp³-hybridized carbons (Fsp3) is 0.750. The Balaban J connectivity index is 3.68. The van der Waals surface area contributed by atoms with Crippen molar-refractivity contribution < 1.29 is 18.4 Å². The lowest BCUT2D eigenvalue weighted by atomic mass is 10.2. The van der Waals surface area contributed by atoms with Gasteiger partial charge in [0.1, 0.15) is 0 Å². The van der Waals surface area contributed by atoms with E-state index in [1.807, 2.05) is 26.9 Å². The lowest BCUT2D eigenvalue weighted by Crippen LogP contribution is -2.38. The number of hydrogen-bond donors (Lipinski definition) is 0. The summed E-state index contributed by atoms with van der Waals surface area (Å²) in [5, 5.41) is 0. The van der Waals surface area contributed by atoms with Crippen LogP contribution in [0.3, 0.4) is 0 Å². The quantitative estimate of drug-likeness (QED) is 0.277. The smallest absolute Gasteiger partial charge is 0.331 e. The standard InChI is InChI=1S/C12H24O4Si/c1-6-12(13)14-10-8-9-11(3)16-17(4,5)15-7-2/h6,11H,1,7-10H2,2-5H3. The van der Waals surface area contributed by atoms with Crippen molar-refractivity contribution in [1.82, 2.24) is 0 Å². The lowest BCUT2D eigenvalue weighted by Gasteiger charge is -2.26. The molecule has 0 saturated carbocycles. The molecule has 0 spiro atoms. The molecule has 0 heterocycles. The van der Waals surface area contributed by atoms with E-state index in [9.17, 15) is 4.79 Å². The van der Waals surface area contributed by atoms with E-state index < -0.39 is 8.56 Å². The SMILES string of the molecule is C=CC(=O)OCCCC(C)O[Si](C)(C)OCC. The average molecular weight is 260 g/mol. The van der Waals surface area contributed by atoms with Crippen LogP contribution in [0.1, 0.15) is 26.7 Å². The number of esters is 1. The zero-order chi connectivity index (χ0) is 13.3. The molecule has 0 aliphatic carbocycles. The highest BCUT2D eigenvalue weighted by atomic mass is 28.4. The highest BCUT2D eigenvalue weighted by molar-refractivity contribution is 6.64. The molecular formula is C12H24O4Si. The van der Waals surface area contributed by atoms with Gasteiger partial charge in [-0.3, -0.25) is 0 Å². The normalized spacial score (nSPS) is 13.2. The molecule has 0 fully saturated rings. The molecule has 0 N–H and O–H groups in total. The average Bonchev–Trinajstić information content (AvgIpc) is 2.23. The van der Waals surface area contributed by atoms with Crippen LogP contribution in [0.25, 0.3) is 0 Å². The Bertz CT molecular complexity index is 241. The van der Waals surface area contributed by atoms with E-state index in [0.717, 1.165) is 12.8 Å². The van der Waals surface area contributed by atoms with Crippen LogP contribution in [0.15, 0.2) is 12.7 Å². The van der Waals surface area contributed by atoms with Gasteiger partial charge in [-0.2, -0.15) is 0 Å². The molecular weight excluding hydrogens is 236 g/mol. The van der Waals surface area contributed by atoms with Crippen LogP contribution in [0.4, 0.5) is 0 Å². The highest BCUT2D eigenvalue weighted by Crippen LogP contribution is 2.13. The van der Waals surface area contributed by atoms with Gasteiger partial charge in [0.05, 0.1) is 6.61 Å². The summed E-state index contributed by atoms with van der Waals surface area (Å²) in [5.41, 5.74) is 0. The van der Waals surface area contributed by atoms with Gasteiger partial charge in [0.2, 0.25) is 0 Å². The van der Waals surface area contributed by atoms with Gasteiger partial charge in [0, 0.05) is 18.8 Å². The van der Waals surface area contributed by atoms with Gasteiger partial charge in [-0.05, 0) is 39.8 Å². The lowest BCUT2D eigenvalue weighted by molar-refractivity contribution is -0.137. The van der Waals surface area contributed by atoms with E-state index in [2.05, 4.69) is 6.58 Å². The molecule has 0 rings (SSSR count). The molecule has 0 bridgehead atoms. The fourth-order valence-corrected chi connectivity index (χ4v) is 3.38. The van der Waals surface area contributed by atoms with Crippen LogP contribution >= 0.6 is 0 Å². The first-order valence-electron chi connectivity index (χ1n) is 6.02. The van der Waals surface area contributed by atoms with Crippen molar-refractivity contribution in [3.05, 3.63) is 12.7 Å². The van der Waals surface area contributed by atoms with E-state index in [0.29, 0.717) is 13.2 Å². The van der Waals surface area contributed by atoms with Crippen molar-refractivity contribution in [1.29, 1.82) is 0 Å². The third-order valence-electron chi connectivity index (χ3n) is 2.14. The third-order valence-corrected chi connectivity index (χ3v) is 4.10.